The lowest BCUT2D eigenvalue weighted by atomic mass is 10.2. The second-order valence-corrected chi connectivity index (χ2v) is 4.00. The second kappa shape index (κ2) is 4.19. The standard InChI is InChI=1S/C12H8ClN3O2/c13-10-9(4-5-17-10)12-15-11(16-18-12)7-2-1-3-8(14)6-7/h1-6H,14H2. The van der Waals surface area contributed by atoms with Gasteiger partial charge in [-0.05, 0) is 29.8 Å². The van der Waals surface area contributed by atoms with E-state index in [4.69, 9.17) is 26.3 Å². The lowest BCUT2D eigenvalue weighted by Gasteiger charge is -1.95. The molecule has 1 aromatic carbocycles. The minimum absolute atomic E-state index is 0.220. The Morgan fingerprint density at radius 2 is 2.11 bits per heavy atom. The largest absolute Gasteiger partial charge is 0.452 e. The summed E-state index contributed by atoms with van der Waals surface area (Å²) in [6, 6.07) is 8.90. The average Bonchev–Trinajstić information content (AvgIpc) is 2.97. The molecule has 2 N–H and O–H groups in total. The van der Waals surface area contributed by atoms with Gasteiger partial charge in [0.05, 0.1) is 11.8 Å². The van der Waals surface area contributed by atoms with Gasteiger partial charge >= 0.3 is 0 Å². The molecule has 5 nitrogen and oxygen atoms in total. The zero-order valence-electron chi connectivity index (χ0n) is 9.13. The molecular weight excluding hydrogens is 254 g/mol. The molecule has 6 heteroatoms. The van der Waals surface area contributed by atoms with Crippen LogP contribution in [0.2, 0.25) is 5.22 Å². The number of aromatic nitrogens is 2. The minimum atomic E-state index is 0.220. The molecule has 3 rings (SSSR count). The maximum Gasteiger partial charge on any atom is 0.263 e. The van der Waals surface area contributed by atoms with Crippen molar-refractivity contribution in [3.05, 3.63) is 41.8 Å². The molecular formula is C12H8ClN3O2. The Morgan fingerprint density at radius 1 is 1.22 bits per heavy atom. The van der Waals surface area contributed by atoms with E-state index in [2.05, 4.69) is 10.1 Å². The van der Waals surface area contributed by atoms with Crippen LogP contribution in [0.25, 0.3) is 22.8 Å². The third-order valence-electron chi connectivity index (χ3n) is 2.42. The van der Waals surface area contributed by atoms with Gasteiger partial charge in [-0.25, -0.2) is 0 Å². The second-order valence-electron chi connectivity index (χ2n) is 3.66. The molecule has 0 aliphatic heterocycles. The summed E-state index contributed by atoms with van der Waals surface area (Å²) in [4.78, 5) is 4.25. The number of benzene rings is 1. The highest BCUT2D eigenvalue weighted by Gasteiger charge is 2.15. The maximum atomic E-state index is 5.84. The molecule has 2 heterocycles. The molecule has 0 aliphatic carbocycles. The molecule has 0 saturated carbocycles. The van der Waals surface area contributed by atoms with Gasteiger partial charge in [0.2, 0.25) is 11.0 Å². The number of nitrogen functional groups attached to an aromatic ring is 1. The van der Waals surface area contributed by atoms with Gasteiger partial charge in [0, 0.05) is 11.3 Å². The van der Waals surface area contributed by atoms with E-state index in [9.17, 15) is 0 Å². The molecule has 0 saturated heterocycles. The summed E-state index contributed by atoms with van der Waals surface area (Å²) in [7, 11) is 0. The van der Waals surface area contributed by atoms with Crippen molar-refractivity contribution in [1.29, 1.82) is 0 Å². The molecule has 0 fully saturated rings. The normalized spacial score (nSPS) is 10.7. The first-order valence-electron chi connectivity index (χ1n) is 5.17. The summed E-state index contributed by atoms with van der Waals surface area (Å²) in [5, 5.41) is 4.10. The summed E-state index contributed by atoms with van der Waals surface area (Å²) in [5.41, 5.74) is 7.69. The van der Waals surface area contributed by atoms with Gasteiger partial charge in [0.15, 0.2) is 0 Å². The lowest BCUT2D eigenvalue weighted by Crippen LogP contribution is -1.86. The average molecular weight is 262 g/mol. The molecule has 0 amide bonds. The summed E-state index contributed by atoms with van der Waals surface area (Å²) in [6.45, 7) is 0. The Labute approximate surface area is 107 Å². The Morgan fingerprint density at radius 3 is 2.83 bits per heavy atom. The summed E-state index contributed by atoms with van der Waals surface area (Å²) in [6.07, 6.45) is 1.46. The van der Waals surface area contributed by atoms with Crippen LogP contribution in [0.1, 0.15) is 0 Å². The number of nitrogens with zero attached hydrogens (tertiary/aromatic N) is 2. The molecule has 0 unspecified atom stereocenters. The van der Waals surface area contributed by atoms with E-state index in [1.807, 2.05) is 12.1 Å². The van der Waals surface area contributed by atoms with Crippen molar-refractivity contribution >= 4 is 17.3 Å². The van der Waals surface area contributed by atoms with Gasteiger partial charge in [-0.15, -0.1) is 0 Å². The first-order valence-corrected chi connectivity index (χ1v) is 5.55. The molecule has 0 radical (unpaired) electrons. The molecule has 0 bridgehead atoms. The van der Waals surface area contributed by atoms with Crippen LogP contribution in [0, 0.1) is 0 Å². The summed E-state index contributed by atoms with van der Waals surface area (Å²) in [5.74, 6) is 0.765. The van der Waals surface area contributed by atoms with Crippen LogP contribution in [0.3, 0.4) is 0 Å². The summed E-state index contributed by atoms with van der Waals surface area (Å²) >= 11 is 5.84. The van der Waals surface area contributed by atoms with Gasteiger partial charge in [0.1, 0.15) is 0 Å². The molecule has 18 heavy (non-hydrogen) atoms. The monoisotopic (exact) mass is 261 g/mol. The SMILES string of the molecule is Nc1cccc(-c2noc(-c3ccoc3Cl)n2)c1. The molecule has 3 aromatic rings. The van der Waals surface area contributed by atoms with Crippen LogP contribution in [-0.2, 0) is 0 Å². The van der Waals surface area contributed by atoms with Crippen LogP contribution in [-0.4, -0.2) is 10.1 Å². The van der Waals surface area contributed by atoms with Crippen molar-refractivity contribution in [2.45, 2.75) is 0 Å². The number of rotatable bonds is 2. The Kier molecular flexibility index (Phi) is 2.53. The molecule has 0 aliphatic rings. The zero-order valence-corrected chi connectivity index (χ0v) is 9.89. The fourth-order valence-electron chi connectivity index (χ4n) is 1.57. The van der Waals surface area contributed by atoms with Gasteiger partial charge in [-0.1, -0.05) is 17.3 Å². The quantitative estimate of drug-likeness (QED) is 0.717. The third kappa shape index (κ3) is 1.84. The molecule has 2 aromatic heterocycles. The van der Waals surface area contributed by atoms with E-state index in [0.717, 1.165) is 5.56 Å². The van der Waals surface area contributed by atoms with Gasteiger partial charge in [0.25, 0.3) is 5.89 Å². The zero-order chi connectivity index (χ0) is 12.5. The highest BCUT2D eigenvalue weighted by molar-refractivity contribution is 6.31. The van der Waals surface area contributed by atoms with Gasteiger partial charge in [-0.3, -0.25) is 0 Å². The van der Waals surface area contributed by atoms with Gasteiger partial charge in [-0.2, -0.15) is 4.98 Å². The van der Waals surface area contributed by atoms with Crippen molar-refractivity contribution in [2.75, 3.05) is 5.73 Å². The van der Waals surface area contributed by atoms with E-state index in [-0.39, 0.29) is 5.22 Å². The van der Waals surface area contributed by atoms with Crippen molar-refractivity contribution in [3.63, 3.8) is 0 Å². The topological polar surface area (TPSA) is 78.1 Å². The molecule has 0 spiro atoms. The van der Waals surface area contributed by atoms with E-state index >= 15 is 0 Å². The van der Waals surface area contributed by atoms with Crippen LogP contribution in [0.5, 0.6) is 0 Å². The third-order valence-corrected chi connectivity index (χ3v) is 2.71. The first-order chi connectivity index (χ1) is 8.74. The van der Waals surface area contributed by atoms with Crippen LogP contribution >= 0.6 is 11.6 Å². The predicted molar refractivity (Wildman–Crippen MR) is 66.9 cm³/mol. The van der Waals surface area contributed by atoms with E-state index in [0.29, 0.717) is 23.0 Å². The van der Waals surface area contributed by atoms with E-state index in [1.54, 1.807) is 18.2 Å². The van der Waals surface area contributed by atoms with Crippen LogP contribution in [0.4, 0.5) is 5.69 Å². The fraction of sp³-hybridized carbons (Fsp3) is 0. The van der Waals surface area contributed by atoms with Gasteiger partial charge < -0.3 is 14.7 Å². The van der Waals surface area contributed by atoms with Crippen LogP contribution < -0.4 is 5.73 Å². The van der Waals surface area contributed by atoms with Crippen molar-refractivity contribution in [3.8, 4) is 22.8 Å². The highest BCUT2D eigenvalue weighted by atomic mass is 35.5. The first kappa shape index (κ1) is 10.9. The fourth-order valence-corrected chi connectivity index (χ4v) is 1.77. The minimum Gasteiger partial charge on any atom is -0.452 e. The number of hydrogen-bond donors (Lipinski definition) is 1. The van der Waals surface area contributed by atoms with Crippen molar-refractivity contribution in [1.82, 2.24) is 10.1 Å². The molecule has 90 valence electrons. The lowest BCUT2D eigenvalue weighted by molar-refractivity contribution is 0.431. The van der Waals surface area contributed by atoms with Crippen molar-refractivity contribution < 1.29 is 8.94 Å². The maximum absolute atomic E-state index is 5.84. The Bertz CT molecular complexity index is 690. The predicted octanol–water partition coefficient (Wildman–Crippen LogP) is 3.23. The number of halogens is 1. The Balaban J connectivity index is 2.02. The van der Waals surface area contributed by atoms with Crippen molar-refractivity contribution in [2.24, 2.45) is 0 Å². The van der Waals surface area contributed by atoms with E-state index < -0.39 is 0 Å². The van der Waals surface area contributed by atoms with Crippen LogP contribution in [0.15, 0.2) is 45.5 Å². The van der Waals surface area contributed by atoms with E-state index in [1.165, 1.54) is 6.26 Å². The number of anilines is 1. The number of furan rings is 1. The number of hydrogen-bond acceptors (Lipinski definition) is 5. The summed E-state index contributed by atoms with van der Waals surface area (Å²) < 4.78 is 10.1. The number of nitrogens with two attached hydrogens (primary N) is 1. The smallest absolute Gasteiger partial charge is 0.263 e. The molecule has 0 atom stereocenters. The Hall–Kier alpha value is -2.27. The highest BCUT2D eigenvalue weighted by Crippen LogP contribution is 2.29.